The molecule has 1 aliphatic rings. The molecule has 0 aliphatic carbocycles. The fraction of sp³-hybridized carbons (Fsp3) is 0.375. The van der Waals surface area contributed by atoms with Gasteiger partial charge in [-0.05, 0) is 31.5 Å². The molecule has 2 heterocycles. The lowest BCUT2D eigenvalue weighted by molar-refractivity contribution is -0.383. The van der Waals surface area contributed by atoms with E-state index in [1.807, 2.05) is 11.8 Å². The van der Waals surface area contributed by atoms with E-state index in [-0.39, 0.29) is 11.7 Å². The van der Waals surface area contributed by atoms with Crippen molar-refractivity contribution in [1.29, 1.82) is 0 Å². The maximum atomic E-state index is 12.0. The minimum atomic E-state index is -0.572. The SMILES string of the molecule is COC(=O)C1(C)CCN(c2ccc([N+](=O)[O-])c3cccnc23)C1. The highest BCUT2D eigenvalue weighted by Crippen LogP contribution is 2.38. The predicted octanol–water partition coefficient (Wildman–Crippen LogP) is 2.53. The van der Waals surface area contributed by atoms with Crippen LogP contribution in [0.5, 0.6) is 0 Å². The molecule has 2 aromatic rings. The number of benzene rings is 1. The Bertz CT molecular complexity index is 792. The van der Waals surface area contributed by atoms with Crippen LogP contribution in [0.3, 0.4) is 0 Å². The van der Waals surface area contributed by atoms with E-state index in [4.69, 9.17) is 4.74 Å². The highest BCUT2D eigenvalue weighted by atomic mass is 16.6. The van der Waals surface area contributed by atoms with Gasteiger partial charge in [0.2, 0.25) is 0 Å². The quantitative estimate of drug-likeness (QED) is 0.491. The van der Waals surface area contributed by atoms with Gasteiger partial charge in [0, 0.05) is 25.4 Å². The normalized spacial score (nSPS) is 20.7. The van der Waals surface area contributed by atoms with Gasteiger partial charge in [0.25, 0.3) is 5.69 Å². The summed E-state index contributed by atoms with van der Waals surface area (Å²) in [6.45, 7) is 3.05. The molecule has 1 unspecified atom stereocenters. The van der Waals surface area contributed by atoms with Crippen LogP contribution in [0.2, 0.25) is 0 Å². The maximum absolute atomic E-state index is 12.0. The van der Waals surface area contributed by atoms with Crippen LogP contribution < -0.4 is 4.90 Å². The second kappa shape index (κ2) is 5.49. The number of nitrogens with zero attached hydrogens (tertiary/aromatic N) is 3. The van der Waals surface area contributed by atoms with Gasteiger partial charge in [-0.15, -0.1) is 0 Å². The van der Waals surface area contributed by atoms with Crippen molar-refractivity contribution in [2.24, 2.45) is 5.41 Å². The zero-order valence-corrected chi connectivity index (χ0v) is 13.0. The lowest BCUT2D eigenvalue weighted by Crippen LogP contribution is -2.33. The minimum absolute atomic E-state index is 0.0341. The monoisotopic (exact) mass is 315 g/mol. The minimum Gasteiger partial charge on any atom is -0.469 e. The summed E-state index contributed by atoms with van der Waals surface area (Å²) in [6, 6.07) is 6.57. The van der Waals surface area contributed by atoms with Gasteiger partial charge in [0.15, 0.2) is 0 Å². The number of carbonyl (C=O) groups is 1. The standard InChI is InChI=1S/C16H17N3O4/c1-16(15(20)23-2)7-9-18(10-16)13-6-5-12(19(21)22)11-4-3-8-17-14(11)13/h3-6,8H,7,9-10H2,1-2H3. The molecule has 1 atom stereocenters. The number of carbonyl (C=O) groups excluding carboxylic acids is 1. The number of pyridine rings is 1. The lowest BCUT2D eigenvalue weighted by Gasteiger charge is -2.23. The maximum Gasteiger partial charge on any atom is 0.313 e. The van der Waals surface area contributed by atoms with Gasteiger partial charge in [-0.3, -0.25) is 19.9 Å². The highest BCUT2D eigenvalue weighted by molar-refractivity contribution is 5.97. The molecule has 120 valence electrons. The van der Waals surface area contributed by atoms with Crippen molar-refractivity contribution in [3.63, 3.8) is 0 Å². The van der Waals surface area contributed by atoms with E-state index in [1.165, 1.54) is 13.2 Å². The van der Waals surface area contributed by atoms with E-state index in [9.17, 15) is 14.9 Å². The molecule has 7 nitrogen and oxygen atoms in total. The van der Waals surface area contributed by atoms with Gasteiger partial charge < -0.3 is 9.64 Å². The Kier molecular flexibility index (Phi) is 3.63. The number of hydrogen-bond acceptors (Lipinski definition) is 6. The molecule has 1 aromatic heterocycles. The summed E-state index contributed by atoms with van der Waals surface area (Å²) < 4.78 is 4.89. The summed E-state index contributed by atoms with van der Waals surface area (Å²) in [5.74, 6) is -0.237. The Hall–Kier alpha value is -2.70. The largest absolute Gasteiger partial charge is 0.469 e. The average Bonchev–Trinajstić information content (AvgIpc) is 2.96. The summed E-state index contributed by atoms with van der Waals surface area (Å²) >= 11 is 0. The van der Waals surface area contributed by atoms with Gasteiger partial charge in [0.1, 0.15) is 5.52 Å². The van der Waals surface area contributed by atoms with Crippen LogP contribution in [-0.4, -0.2) is 36.1 Å². The third-order valence-electron chi connectivity index (χ3n) is 4.41. The summed E-state index contributed by atoms with van der Waals surface area (Å²) in [5, 5.41) is 11.7. The molecule has 23 heavy (non-hydrogen) atoms. The van der Waals surface area contributed by atoms with E-state index in [1.54, 1.807) is 24.4 Å². The van der Waals surface area contributed by atoms with Gasteiger partial charge in [-0.25, -0.2) is 0 Å². The van der Waals surface area contributed by atoms with Crippen LogP contribution in [0.25, 0.3) is 10.9 Å². The summed E-state index contributed by atoms with van der Waals surface area (Å²) in [5.41, 5.74) is 0.846. The fourth-order valence-electron chi connectivity index (χ4n) is 3.14. The first-order chi connectivity index (χ1) is 11.0. The Morgan fingerprint density at radius 2 is 2.22 bits per heavy atom. The highest BCUT2D eigenvalue weighted by Gasteiger charge is 2.42. The molecule has 7 heteroatoms. The number of anilines is 1. The number of nitro benzene ring substituents is 1. The van der Waals surface area contributed by atoms with Crippen molar-refractivity contribution in [3.8, 4) is 0 Å². The van der Waals surface area contributed by atoms with Gasteiger partial charge in [0.05, 0.1) is 28.5 Å². The van der Waals surface area contributed by atoms with E-state index in [2.05, 4.69) is 4.98 Å². The third-order valence-corrected chi connectivity index (χ3v) is 4.41. The molecule has 1 fully saturated rings. The van der Waals surface area contributed by atoms with Crippen molar-refractivity contribution in [3.05, 3.63) is 40.6 Å². The Morgan fingerprint density at radius 1 is 1.43 bits per heavy atom. The van der Waals surface area contributed by atoms with E-state index in [0.29, 0.717) is 30.4 Å². The molecule has 1 aromatic carbocycles. The molecule has 1 aliphatic heterocycles. The molecule has 0 saturated carbocycles. The van der Waals surface area contributed by atoms with Gasteiger partial charge in [-0.1, -0.05) is 0 Å². The van der Waals surface area contributed by atoms with Gasteiger partial charge in [-0.2, -0.15) is 0 Å². The van der Waals surface area contributed by atoms with Crippen LogP contribution in [0, 0.1) is 15.5 Å². The molecule has 0 N–H and O–H groups in total. The topological polar surface area (TPSA) is 85.6 Å². The molecular formula is C16H17N3O4. The Balaban J connectivity index is 2.04. The molecular weight excluding hydrogens is 298 g/mol. The van der Waals surface area contributed by atoms with Crippen molar-refractivity contribution >= 4 is 28.2 Å². The number of methoxy groups -OCH3 is 1. The Labute approximate surface area is 133 Å². The summed E-state index contributed by atoms with van der Waals surface area (Å²) in [4.78, 5) is 29.1. The molecule has 0 spiro atoms. The van der Waals surface area contributed by atoms with Crippen LogP contribution in [0.1, 0.15) is 13.3 Å². The first-order valence-electron chi connectivity index (χ1n) is 7.32. The second-order valence-corrected chi connectivity index (χ2v) is 5.98. The molecule has 1 saturated heterocycles. The predicted molar refractivity (Wildman–Crippen MR) is 85.4 cm³/mol. The smallest absolute Gasteiger partial charge is 0.313 e. The molecule has 0 amide bonds. The molecule has 0 bridgehead atoms. The third kappa shape index (κ3) is 2.48. The average molecular weight is 315 g/mol. The number of non-ortho nitro benzene ring substituents is 1. The van der Waals surface area contributed by atoms with Crippen LogP contribution in [0.15, 0.2) is 30.5 Å². The van der Waals surface area contributed by atoms with Crippen molar-refractivity contribution in [1.82, 2.24) is 4.98 Å². The number of rotatable bonds is 3. The first kappa shape index (κ1) is 15.2. The number of hydrogen-bond donors (Lipinski definition) is 0. The summed E-state index contributed by atoms with van der Waals surface area (Å²) in [7, 11) is 1.39. The molecule has 0 radical (unpaired) electrons. The fourth-order valence-corrected chi connectivity index (χ4v) is 3.14. The number of nitro groups is 1. The van der Waals surface area contributed by atoms with E-state index in [0.717, 1.165) is 5.69 Å². The van der Waals surface area contributed by atoms with Crippen LogP contribution in [-0.2, 0) is 9.53 Å². The second-order valence-electron chi connectivity index (χ2n) is 5.98. The van der Waals surface area contributed by atoms with E-state index >= 15 is 0 Å². The number of ether oxygens (including phenoxy) is 1. The van der Waals surface area contributed by atoms with Crippen molar-refractivity contribution in [2.45, 2.75) is 13.3 Å². The zero-order valence-electron chi connectivity index (χ0n) is 13.0. The number of esters is 1. The Morgan fingerprint density at radius 3 is 2.91 bits per heavy atom. The van der Waals surface area contributed by atoms with Crippen LogP contribution >= 0.6 is 0 Å². The van der Waals surface area contributed by atoms with E-state index < -0.39 is 10.3 Å². The summed E-state index contributed by atoms with van der Waals surface area (Å²) in [6.07, 6.45) is 2.29. The van der Waals surface area contributed by atoms with Crippen molar-refractivity contribution in [2.75, 3.05) is 25.1 Å². The van der Waals surface area contributed by atoms with Crippen molar-refractivity contribution < 1.29 is 14.5 Å². The molecule has 3 rings (SSSR count). The first-order valence-corrected chi connectivity index (χ1v) is 7.32. The number of fused-ring (bicyclic) bond motifs is 1. The van der Waals surface area contributed by atoms with Crippen LogP contribution in [0.4, 0.5) is 11.4 Å². The zero-order chi connectivity index (χ0) is 16.6. The lowest BCUT2D eigenvalue weighted by atomic mass is 9.90. The number of aromatic nitrogens is 1. The van der Waals surface area contributed by atoms with Gasteiger partial charge >= 0.3 is 5.97 Å².